The number of hydrogen-bond acceptors (Lipinski definition) is 4. The lowest BCUT2D eigenvalue weighted by atomic mass is 9.84. The maximum atomic E-state index is 2.65. The van der Waals surface area contributed by atoms with Gasteiger partial charge in [-0.05, 0) is 156 Å². The van der Waals surface area contributed by atoms with E-state index in [4.69, 9.17) is 0 Å². The van der Waals surface area contributed by atoms with E-state index in [1.807, 2.05) is 22.7 Å². The van der Waals surface area contributed by atoms with Crippen LogP contribution in [0.4, 0.5) is 11.4 Å². The first-order valence-corrected chi connectivity index (χ1v) is 33.0. The number of aryl methyl sites for hydroxylation is 2. The van der Waals surface area contributed by atoms with E-state index in [0.29, 0.717) is 0 Å². The van der Waals surface area contributed by atoms with E-state index in [1.54, 1.807) is 0 Å². The number of thiophene rings is 2. The maximum Gasteiger partial charge on any atom is 0.0366 e. The van der Waals surface area contributed by atoms with Crippen LogP contribution in [-0.4, -0.2) is 26.2 Å². The van der Waals surface area contributed by atoms with Gasteiger partial charge in [-0.15, -0.1) is 22.7 Å². The highest BCUT2D eigenvalue weighted by Gasteiger charge is 2.17. The topological polar surface area (TPSA) is 6.48 Å². The van der Waals surface area contributed by atoms with E-state index in [1.165, 1.54) is 256 Å². The van der Waals surface area contributed by atoms with Crippen molar-refractivity contribution in [2.24, 2.45) is 0 Å². The molecule has 0 atom stereocenters. The van der Waals surface area contributed by atoms with Crippen LogP contribution in [0.3, 0.4) is 0 Å². The van der Waals surface area contributed by atoms with Gasteiger partial charge in [-0.1, -0.05) is 241 Å². The second kappa shape index (κ2) is 35.5. The van der Waals surface area contributed by atoms with E-state index < -0.39 is 0 Å². The molecule has 2 aromatic heterocycles. The molecule has 4 heteroatoms. The van der Waals surface area contributed by atoms with Crippen LogP contribution in [0, 0.1) is 0 Å². The summed E-state index contributed by atoms with van der Waals surface area (Å²) in [6.45, 7) is 13.9. The zero-order chi connectivity index (χ0) is 54.2. The Morgan fingerprint density at radius 1 is 0.295 bits per heavy atom. The van der Waals surface area contributed by atoms with Crippen LogP contribution in [0.25, 0.3) is 59.7 Å². The fourth-order valence-electron chi connectivity index (χ4n) is 11.1. The second-order valence-corrected chi connectivity index (χ2v) is 24.7. The van der Waals surface area contributed by atoms with Crippen molar-refractivity contribution < 1.29 is 0 Å². The normalized spacial score (nSPS) is 12.5. The Hall–Kier alpha value is -5.16. The minimum absolute atomic E-state index is 1.07. The van der Waals surface area contributed by atoms with Crippen molar-refractivity contribution in [3.05, 3.63) is 162 Å². The maximum absolute atomic E-state index is 2.65. The summed E-state index contributed by atoms with van der Waals surface area (Å²) in [5.41, 5.74) is 13.5. The fraction of sp³-hybridized carbons (Fsp3) is 0.459. The van der Waals surface area contributed by atoms with Crippen molar-refractivity contribution in [1.82, 2.24) is 0 Å². The van der Waals surface area contributed by atoms with Gasteiger partial charge >= 0.3 is 0 Å². The molecule has 2 nitrogen and oxygen atoms in total. The third kappa shape index (κ3) is 21.1. The Morgan fingerprint density at radius 2 is 0.564 bits per heavy atom. The molecule has 0 amide bonds. The number of anilines is 2. The average Bonchev–Trinajstić information content (AvgIpc) is 4.25. The molecule has 0 fully saturated rings. The lowest BCUT2D eigenvalue weighted by Gasteiger charge is -2.25. The Kier molecular flexibility index (Phi) is 27.5. The summed E-state index contributed by atoms with van der Waals surface area (Å²) in [5, 5.41) is 0. The molecule has 1 aliphatic carbocycles. The van der Waals surface area contributed by atoms with Crippen LogP contribution < -0.4 is 9.80 Å². The predicted molar refractivity (Wildman–Crippen MR) is 354 cm³/mol. The van der Waals surface area contributed by atoms with Crippen LogP contribution in [-0.2, 0) is 12.8 Å². The number of unbranched alkanes of at least 4 members (excludes halogenated alkanes) is 20. The Labute approximate surface area is 483 Å². The molecule has 0 saturated carbocycles. The minimum Gasteiger partial charge on any atom is -0.372 e. The van der Waals surface area contributed by atoms with Gasteiger partial charge in [0.15, 0.2) is 0 Å². The molecule has 0 N–H and O–H groups in total. The van der Waals surface area contributed by atoms with Gasteiger partial charge < -0.3 is 9.80 Å². The smallest absolute Gasteiger partial charge is 0.0366 e. The van der Waals surface area contributed by atoms with E-state index in [-0.39, 0.29) is 0 Å². The highest BCUT2D eigenvalue weighted by atomic mass is 32.1. The lowest BCUT2D eigenvalue weighted by Crippen LogP contribution is -2.25. The summed E-state index contributed by atoms with van der Waals surface area (Å²) >= 11 is 3.71. The van der Waals surface area contributed by atoms with Crippen LogP contribution in [0.5, 0.6) is 0 Å². The highest BCUT2D eigenvalue weighted by Crippen LogP contribution is 2.36. The van der Waals surface area contributed by atoms with Gasteiger partial charge in [0, 0.05) is 57.1 Å². The van der Waals surface area contributed by atoms with E-state index >= 15 is 0 Å². The summed E-state index contributed by atoms with van der Waals surface area (Å²) in [6.07, 6.45) is 52.7. The molecular formula is C74H98N2S2. The van der Waals surface area contributed by atoms with Crippen LogP contribution in [0.2, 0.25) is 0 Å². The van der Waals surface area contributed by atoms with Gasteiger partial charge in [0.05, 0.1) is 0 Å². The molecule has 0 bridgehead atoms. The molecule has 1 aliphatic rings. The van der Waals surface area contributed by atoms with Gasteiger partial charge in [0.25, 0.3) is 0 Å². The zero-order valence-electron chi connectivity index (χ0n) is 48.9. The molecule has 416 valence electrons. The van der Waals surface area contributed by atoms with Crippen molar-refractivity contribution >= 4 is 82.7 Å². The van der Waals surface area contributed by atoms with Crippen LogP contribution in [0.15, 0.2) is 109 Å². The molecule has 4 aromatic carbocycles. The second-order valence-electron chi connectivity index (χ2n) is 22.4. The largest absolute Gasteiger partial charge is 0.372 e. The minimum atomic E-state index is 1.07. The van der Waals surface area contributed by atoms with Gasteiger partial charge in [0.2, 0.25) is 0 Å². The predicted octanol–water partition coefficient (Wildman–Crippen LogP) is 23.3. The first-order chi connectivity index (χ1) is 38.5. The number of rotatable bonds is 38. The Morgan fingerprint density at radius 3 is 0.872 bits per heavy atom. The number of fused-ring (bicyclic) bond motifs is 3. The third-order valence-electron chi connectivity index (χ3n) is 15.9. The average molecular weight is 1080 g/mol. The van der Waals surface area contributed by atoms with Gasteiger partial charge in [-0.25, -0.2) is 0 Å². The summed E-state index contributed by atoms with van der Waals surface area (Å²) in [4.78, 5) is 10.4. The molecule has 0 unspecified atom stereocenters. The number of nitrogens with zero attached hydrogens (tertiary/aromatic N) is 2. The van der Waals surface area contributed by atoms with Crippen molar-refractivity contribution in [2.45, 2.75) is 195 Å². The molecule has 6 aromatic rings. The lowest BCUT2D eigenvalue weighted by molar-refractivity contribution is 0.575. The highest BCUT2D eigenvalue weighted by molar-refractivity contribution is 7.14. The Bertz CT molecular complexity index is 2490. The molecule has 2 heterocycles. The quantitative estimate of drug-likeness (QED) is 0.0357. The summed E-state index contributed by atoms with van der Waals surface area (Å²) in [7, 11) is 0. The summed E-state index contributed by atoms with van der Waals surface area (Å²) < 4.78 is 0. The van der Waals surface area contributed by atoms with Gasteiger partial charge in [-0.2, -0.15) is 0 Å². The number of benzene rings is 4. The van der Waals surface area contributed by atoms with Crippen molar-refractivity contribution in [3.8, 4) is 11.1 Å². The summed E-state index contributed by atoms with van der Waals surface area (Å²) in [5.74, 6) is 0. The SMILES string of the molecule is CCCCCCCCN(CCCCCCCC)c1ccc(/C=C/c2ccc(/C=C/c3ccc4c(c3)CCc3cc(/C=C/c5ccc(/C=C/c6ccc(N(CCCCCCCC)CCCCCCCC)cc6)s5)ccc3-4)s2)cc1. The third-order valence-corrected chi connectivity index (χ3v) is 17.9. The molecule has 7 rings (SSSR count). The fourth-order valence-corrected chi connectivity index (χ4v) is 12.7. The molecule has 0 radical (unpaired) electrons. The monoisotopic (exact) mass is 1080 g/mol. The van der Waals surface area contributed by atoms with Crippen molar-refractivity contribution in [1.29, 1.82) is 0 Å². The van der Waals surface area contributed by atoms with Crippen molar-refractivity contribution in [3.63, 3.8) is 0 Å². The molecule has 0 saturated heterocycles. The number of hydrogen-bond donors (Lipinski definition) is 0. The standard InChI is InChI=1S/C74H98N2S2/c1-5-9-13-17-21-25-55-75(56-26-22-18-14-10-6-2)67-41-29-61(30-42-67)33-45-69-49-51-71(77-69)47-35-63-37-53-73-65(59-63)39-40-66-60-64(38-54-74(66)73)36-48-72-52-50-70(78-72)46-34-62-31-43-68(44-32-62)76(57-27-23-19-15-11-7-3)58-28-24-20-16-12-8-4/h29-38,41-54,59-60H,5-28,39-40,55-58H2,1-4H3/b45-33+,46-34+,47-35+,48-36+. The van der Waals surface area contributed by atoms with Gasteiger partial charge in [-0.3, -0.25) is 0 Å². The van der Waals surface area contributed by atoms with Crippen LogP contribution in [0.1, 0.15) is 235 Å². The summed E-state index contributed by atoms with van der Waals surface area (Å²) in [6, 6.07) is 41.7. The zero-order valence-corrected chi connectivity index (χ0v) is 50.6. The molecular weight excluding hydrogens is 981 g/mol. The van der Waals surface area contributed by atoms with E-state index in [9.17, 15) is 0 Å². The van der Waals surface area contributed by atoms with Crippen molar-refractivity contribution in [2.75, 3.05) is 36.0 Å². The van der Waals surface area contributed by atoms with E-state index in [2.05, 4.69) is 195 Å². The molecule has 78 heavy (non-hydrogen) atoms. The van der Waals surface area contributed by atoms with Crippen LogP contribution >= 0.6 is 22.7 Å². The van der Waals surface area contributed by atoms with E-state index in [0.717, 1.165) is 12.8 Å². The van der Waals surface area contributed by atoms with Gasteiger partial charge in [0.1, 0.15) is 0 Å². The molecule has 0 spiro atoms. The first-order valence-electron chi connectivity index (χ1n) is 31.4. The Balaban J connectivity index is 0.880. The molecule has 0 aliphatic heterocycles. The first kappa shape index (κ1) is 60.5.